The van der Waals surface area contributed by atoms with Crippen LogP contribution in [0.25, 0.3) is 0 Å². The standard InChI is InChI=1S/C18H24ClN3O3/c1-4-24-9-5-7-20-18(23)16-6-8-22(21-16)12-25-15-10-13(2)17(19)14(3)11-15/h6,8,10-11H,4-5,7,9,12H2,1-3H3,(H,20,23). The Labute approximate surface area is 153 Å². The second-order valence-corrected chi connectivity index (χ2v) is 6.07. The molecule has 0 saturated carbocycles. The number of benzene rings is 1. The van der Waals surface area contributed by atoms with Gasteiger partial charge in [0.25, 0.3) is 5.91 Å². The molecule has 1 amide bonds. The zero-order valence-electron chi connectivity index (χ0n) is 14.8. The number of aromatic nitrogens is 2. The third-order valence-electron chi connectivity index (χ3n) is 3.60. The van der Waals surface area contributed by atoms with Gasteiger partial charge in [-0.15, -0.1) is 0 Å². The van der Waals surface area contributed by atoms with Crippen molar-refractivity contribution in [2.24, 2.45) is 0 Å². The first-order valence-electron chi connectivity index (χ1n) is 8.30. The number of nitrogens with one attached hydrogen (secondary N) is 1. The minimum atomic E-state index is -0.201. The summed E-state index contributed by atoms with van der Waals surface area (Å²) in [6.45, 7) is 7.92. The summed E-state index contributed by atoms with van der Waals surface area (Å²) in [7, 11) is 0. The number of ether oxygens (including phenoxy) is 2. The van der Waals surface area contributed by atoms with E-state index < -0.39 is 0 Å². The number of rotatable bonds is 9. The molecule has 0 bridgehead atoms. The maximum Gasteiger partial charge on any atom is 0.271 e. The molecule has 0 fully saturated rings. The summed E-state index contributed by atoms with van der Waals surface area (Å²) in [4.78, 5) is 12.0. The number of nitrogens with zero attached hydrogens (tertiary/aromatic N) is 2. The molecule has 0 aliphatic heterocycles. The predicted octanol–water partition coefficient (Wildman–Crippen LogP) is 3.35. The minimum absolute atomic E-state index is 0.201. The fourth-order valence-corrected chi connectivity index (χ4v) is 2.41. The van der Waals surface area contributed by atoms with Gasteiger partial charge in [-0.05, 0) is 56.5 Å². The van der Waals surface area contributed by atoms with Crippen molar-refractivity contribution in [3.8, 4) is 5.75 Å². The van der Waals surface area contributed by atoms with Gasteiger partial charge < -0.3 is 14.8 Å². The van der Waals surface area contributed by atoms with Crippen molar-refractivity contribution in [3.63, 3.8) is 0 Å². The zero-order valence-corrected chi connectivity index (χ0v) is 15.6. The highest BCUT2D eigenvalue weighted by Gasteiger charge is 2.09. The number of amides is 1. The average molecular weight is 366 g/mol. The molecule has 1 aromatic carbocycles. The van der Waals surface area contributed by atoms with Crippen LogP contribution < -0.4 is 10.1 Å². The monoisotopic (exact) mass is 365 g/mol. The summed E-state index contributed by atoms with van der Waals surface area (Å²) in [6.07, 6.45) is 2.49. The van der Waals surface area contributed by atoms with Crippen LogP contribution in [0.1, 0.15) is 35.0 Å². The molecule has 0 aliphatic rings. The van der Waals surface area contributed by atoms with E-state index in [9.17, 15) is 4.79 Å². The summed E-state index contributed by atoms with van der Waals surface area (Å²) in [5.74, 6) is 0.519. The van der Waals surface area contributed by atoms with Gasteiger partial charge in [-0.1, -0.05) is 11.6 Å². The van der Waals surface area contributed by atoms with Crippen molar-refractivity contribution >= 4 is 17.5 Å². The highest BCUT2D eigenvalue weighted by Crippen LogP contribution is 2.25. The van der Waals surface area contributed by atoms with Gasteiger partial charge in [-0.2, -0.15) is 5.10 Å². The van der Waals surface area contributed by atoms with E-state index in [0.717, 1.165) is 28.3 Å². The van der Waals surface area contributed by atoms with Crippen molar-refractivity contribution in [2.45, 2.75) is 33.9 Å². The highest BCUT2D eigenvalue weighted by atomic mass is 35.5. The van der Waals surface area contributed by atoms with Gasteiger partial charge in [0.15, 0.2) is 6.73 Å². The number of hydrogen-bond acceptors (Lipinski definition) is 4. The Kier molecular flexibility index (Phi) is 7.28. The summed E-state index contributed by atoms with van der Waals surface area (Å²) in [5.41, 5.74) is 2.29. The van der Waals surface area contributed by atoms with Gasteiger partial charge in [0.2, 0.25) is 0 Å². The van der Waals surface area contributed by atoms with Gasteiger partial charge >= 0.3 is 0 Å². The number of aryl methyl sites for hydroxylation is 2. The third-order valence-corrected chi connectivity index (χ3v) is 4.20. The highest BCUT2D eigenvalue weighted by molar-refractivity contribution is 6.32. The summed E-state index contributed by atoms with van der Waals surface area (Å²) in [5, 5.41) is 7.79. The lowest BCUT2D eigenvalue weighted by Crippen LogP contribution is -2.26. The lowest BCUT2D eigenvalue weighted by molar-refractivity contribution is 0.0937. The van der Waals surface area contributed by atoms with E-state index in [-0.39, 0.29) is 12.6 Å². The Bertz CT molecular complexity index is 692. The predicted molar refractivity (Wildman–Crippen MR) is 97.2 cm³/mol. The van der Waals surface area contributed by atoms with Crippen LogP contribution in [0.2, 0.25) is 5.02 Å². The number of hydrogen-bond donors (Lipinski definition) is 1. The molecule has 0 saturated heterocycles. The van der Waals surface area contributed by atoms with Crippen LogP contribution in [-0.4, -0.2) is 35.4 Å². The largest absolute Gasteiger partial charge is 0.471 e. The van der Waals surface area contributed by atoms with E-state index in [0.29, 0.717) is 25.5 Å². The summed E-state index contributed by atoms with van der Waals surface area (Å²) < 4.78 is 12.5. The van der Waals surface area contributed by atoms with Crippen LogP contribution in [0.4, 0.5) is 0 Å². The number of halogens is 1. The van der Waals surface area contributed by atoms with Crippen molar-refractivity contribution in [3.05, 3.63) is 46.2 Å². The molecule has 0 atom stereocenters. The first-order chi connectivity index (χ1) is 12.0. The molecule has 2 aromatic rings. The molecule has 2 rings (SSSR count). The molecule has 136 valence electrons. The molecular formula is C18H24ClN3O3. The van der Waals surface area contributed by atoms with Crippen LogP contribution in [0.5, 0.6) is 5.75 Å². The van der Waals surface area contributed by atoms with Crippen LogP contribution in [0.15, 0.2) is 24.4 Å². The van der Waals surface area contributed by atoms with Crippen molar-refractivity contribution in [1.29, 1.82) is 0 Å². The average Bonchev–Trinajstić information content (AvgIpc) is 3.06. The Balaban J connectivity index is 1.84. The summed E-state index contributed by atoms with van der Waals surface area (Å²) in [6, 6.07) is 5.43. The van der Waals surface area contributed by atoms with Crippen molar-refractivity contribution < 1.29 is 14.3 Å². The van der Waals surface area contributed by atoms with Crippen LogP contribution in [0, 0.1) is 13.8 Å². The molecule has 0 aliphatic carbocycles. The molecule has 1 aromatic heterocycles. The Morgan fingerprint density at radius 1 is 1.32 bits per heavy atom. The van der Waals surface area contributed by atoms with E-state index >= 15 is 0 Å². The zero-order chi connectivity index (χ0) is 18.2. The molecular weight excluding hydrogens is 342 g/mol. The van der Waals surface area contributed by atoms with Gasteiger partial charge in [-0.3, -0.25) is 4.79 Å². The molecule has 0 spiro atoms. The molecule has 7 heteroatoms. The second-order valence-electron chi connectivity index (χ2n) is 5.69. The van der Waals surface area contributed by atoms with Crippen molar-refractivity contribution in [1.82, 2.24) is 15.1 Å². The number of carbonyl (C=O) groups excluding carboxylic acids is 1. The smallest absolute Gasteiger partial charge is 0.271 e. The van der Waals surface area contributed by atoms with Gasteiger partial charge in [0.1, 0.15) is 11.4 Å². The molecule has 25 heavy (non-hydrogen) atoms. The molecule has 1 heterocycles. The first-order valence-corrected chi connectivity index (χ1v) is 8.68. The Morgan fingerprint density at radius 3 is 2.72 bits per heavy atom. The van der Waals surface area contributed by atoms with Gasteiger partial charge in [-0.25, -0.2) is 4.68 Å². The van der Waals surface area contributed by atoms with Crippen molar-refractivity contribution in [2.75, 3.05) is 19.8 Å². The lowest BCUT2D eigenvalue weighted by Gasteiger charge is -2.10. The number of carbonyl (C=O) groups is 1. The Morgan fingerprint density at radius 2 is 2.04 bits per heavy atom. The van der Waals surface area contributed by atoms with E-state index in [1.165, 1.54) is 0 Å². The molecule has 0 radical (unpaired) electrons. The van der Waals surface area contributed by atoms with Crippen LogP contribution in [0.3, 0.4) is 0 Å². The quantitative estimate of drug-likeness (QED) is 0.692. The normalized spacial score (nSPS) is 10.7. The van der Waals surface area contributed by atoms with E-state index in [1.54, 1.807) is 16.9 Å². The molecule has 6 nitrogen and oxygen atoms in total. The maximum atomic E-state index is 12.0. The SMILES string of the molecule is CCOCCCNC(=O)c1ccn(COc2cc(C)c(Cl)c(C)c2)n1. The second kappa shape index (κ2) is 9.44. The first kappa shape index (κ1) is 19.3. The Hall–Kier alpha value is -2.05. The van der Waals surface area contributed by atoms with Crippen LogP contribution >= 0.6 is 11.6 Å². The fourth-order valence-electron chi connectivity index (χ4n) is 2.30. The summed E-state index contributed by atoms with van der Waals surface area (Å²) >= 11 is 6.15. The van der Waals surface area contributed by atoms with E-state index in [4.69, 9.17) is 21.1 Å². The minimum Gasteiger partial charge on any atom is -0.471 e. The molecule has 0 unspecified atom stereocenters. The molecule has 1 N–H and O–H groups in total. The van der Waals surface area contributed by atoms with E-state index in [2.05, 4.69) is 10.4 Å². The maximum absolute atomic E-state index is 12.0. The van der Waals surface area contributed by atoms with Gasteiger partial charge in [0, 0.05) is 31.0 Å². The van der Waals surface area contributed by atoms with Crippen LogP contribution in [-0.2, 0) is 11.5 Å². The van der Waals surface area contributed by atoms with Gasteiger partial charge in [0.05, 0.1) is 0 Å². The topological polar surface area (TPSA) is 65.4 Å². The third kappa shape index (κ3) is 5.76. The lowest BCUT2D eigenvalue weighted by atomic mass is 10.1. The fraction of sp³-hybridized carbons (Fsp3) is 0.444. The van der Waals surface area contributed by atoms with E-state index in [1.807, 2.05) is 32.9 Å².